The summed E-state index contributed by atoms with van der Waals surface area (Å²) in [6.45, 7) is 13.0. The van der Waals surface area contributed by atoms with Crippen molar-refractivity contribution >= 4 is 29.4 Å². The third kappa shape index (κ3) is 6.42. The van der Waals surface area contributed by atoms with Gasteiger partial charge in [0.25, 0.3) is 11.5 Å². The smallest absolute Gasteiger partial charge is 0.253 e. The van der Waals surface area contributed by atoms with E-state index in [0.717, 1.165) is 16.8 Å². The first-order chi connectivity index (χ1) is 17.5. The average Bonchev–Trinajstić information content (AvgIpc) is 2.83. The third-order valence-corrected chi connectivity index (χ3v) is 6.06. The number of rotatable bonds is 8. The minimum Gasteiger partial charge on any atom is -0.357 e. The first-order valence-electron chi connectivity index (χ1n) is 12.0. The molecule has 0 unspecified atom stereocenters. The molecular formula is C29H33N5O3. The average molecular weight is 500 g/mol. The molecule has 0 radical (unpaired) electrons. The molecule has 3 N–H and O–H groups in total. The molecule has 0 aliphatic rings. The van der Waals surface area contributed by atoms with E-state index in [4.69, 9.17) is 4.98 Å². The molecule has 192 valence electrons. The van der Waals surface area contributed by atoms with Crippen molar-refractivity contribution < 1.29 is 9.59 Å². The van der Waals surface area contributed by atoms with E-state index in [1.54, 1.807) is 24.3 Å². The third-order valence-electron chi connectivity index (χ3n) is 6.06. The summed E-state index contributed by atoms with van der Waals surface area (Å²) in [5.74, 6) is 0.0933. The number of aromatic amines is 1. The van der Waals surface area contributed by atoms with Crippen LogP contribution in [0, 0.1) is 13.8 Å². The Hall–Kier alpha value is -4.42. The number of amides is 2. The van der Waals surface area contributed by atoms with Crippen LogP contribution in [0.4, 0.5) is 11.5 Å². The van der Waals surface area contributed by atoms with Gasteiger partial charge in [-0.1, -0.05) is 18.7 Å². The van der Waals surface area contributed by atoms with E-state index in [2.05, 4.69) is 27.9 Å². The molecule has 0 fully saturated rings. The summed E-state index contributed by atoms with van der Waals surface area (Å²) in [6, 6.07) is 10.9. The first kappa shape index (κ1) is 27.2. The van der Waals surface area contributed by atoms with Crippen molar-refractivity contribution in [2.75, 3.05) is 17.3 Å². The van der Waals surface area contributed by atoms with Crippen LogP contribution < -0.4 is 21.1 Å². The van der Waals surface area contributed by atoms with E-state index >= 15 is 0 Å². The number of pyridine rings is 2. The Kier molecular flexibility index (Phi) is 8.48. The molecule has 0 aliphatic heterocycles. The summed E-state index contributed by atoms with van der Waals surface area (Å²) < 4.78 is 0. The standard InChI is InChI=1S/C29H33N5O3/c1-8-9-23-24(28(36)30-16-25-18(4)14-19(5)31-29(25)37)15-26(33-27(23)34(7)17(2)3)21-10-12-22(13-11-21)32-20(6)35/h9-15,17H,1,16H2,2-7H3,(H,30,36)(H,31,37)(H,32,35). The molecule has 0 saturated carbocycles. The van der Waals surface area contributed by atoms with Gasteiger partial charge in [0.05, 0.1) is 11.3 Å². The number of carbonyl (C=O) groups excluding carboxylic acids is 2. The predicted octanol–water partition coefficient (Wildman–Crippen LogP) is 4.58. The topological polar surface area (TPSA) is 107 Å². The monoisotopic (exact) mass is 499 g/mol. The van der Waals surface area contributed by atoms with Crippen molar-refractivity contribution in [3.8, 4) is 11.3 Å². The number of nitrogens with zero attached hydrogens (tertiary/aromatic N) is 2. The molecule has 37 heavy (non-hydrogen) atoms. The van der Waals surface area contributed by atoms with Gasteiger partial charge < -0.3 is 20.5 Å². The fourth-order valence-corrected chi connectivity index (χ4v) is 3.93. The minimum atomic E-state index is -0.349. The van der Waals surface area contributed by atoms with Crippen molar-refractivity contribution in [3.05, 3.63) is 87.0 Å². The molecule has 0 aliphatic carbocycles. The molecule has 8 heteroatoms. The maximum atomic E-state index is 13.5. The van der Waals surface area contributed by atoms with E-state index in [-0.39, 0.29) is 30.0 Å². The van der Waals surface area contributed by atoms with Crippen LogP contribution in [0.5, 0.6) is 0 Å². The number of H-pyrrole nitrogens is 1. The van der Waals surface area contributed by atoms with Gasteiger partial charge in [0.15, 0.2) is 0 Å². The maximum Gasteiger partial charge on any atom is 0.253 e. The highest BCUT2D eigenvalue weighted by atomic mass is 16.2. The summed E-state index contributed by atoms with van der Waals surface area (Å²) in [5, 5.41) is 5.65. The number of hydrogen-bond donors (Lipinski definition) is 3. The lowest BCUT2D eigenvalue weighted by Crippen LogP contribution is -2.31. The molecule has 3 aromatic rings. The quantitative estimate of drug-likeness (QED) is 0.393. The van der Waals surface area contributed by atoms with Crippen LogP contribution in [-0.2, 0) is 11.3 Å². The molecular weight excluding hydrogens is 466 g/mol. The maximum absolute atomic E-state index is 13.5. The van der Waals surface area contributed by atoms with Crippen LogP contribution in [0.2, 0.25) is 0 Å². The highest BCUT2D eigenvalue weighted by molar-refractivity contribution is 6.00. The van der Waals surface area contributed by atoms with E-state index in [0.29, 0.717) is 33.9 Å². The normalized spacial score (nSPS) is 10.6. The van der Waals surface area contributed by atoms with Crippen LogP contribution in [0.3, 0.4) is 0 Å². The summed E-state index contributed by atoms with van der Waals surface area (Å²) in [4.78, 5) is 47.0. The molecule has 0 bridgehead atoms. The lowest BCUT2D eigenvalue weighted by Gasteiger charge is -2.26. The fourth-order valence-electron chi connectivity index (χ4n) is 3.93. The van der Waals surface area contributed by atoms with Gasteiger partial charge in [0.2, 0.25) is 5.91 Å². The zero-order valence-corrected chi connectivity index (χ0v) is 22.2. The molecule has 3 rings (SSSR count). The first-order valence-corrected chi connectivity index (χ1v) is 12.0. The summed E-state index contributed by atoms with van der Waals surface area (Å²) in [7, 11) is 1.91. The number of hydrogen-bond acceptors (Lipinski definition) is 5. The number of anilines is 2. The second-order valence-corrected chi connectivity index (χ2v) is 9.23. The Morgan fingerprint density at radius 3 is 2.43 bits per heavy atom. The highest BCUT2D eigenvalue weighted by Gasteiger charge is 2.21. The van der Waals surface area contributed by atoms with Crippen molar-refractivity contribution in [1.29, 1.82) is 0 Å². The lowest BCUT2D eigenvalue weighted by atomic mass is 10.0. The second kappa shape index (κ2) is 11.5. The zero-order valence-electron chi connectivity index (χ0n) is 22.2. The number of nitrogens with one attached hydrogen (secondary N) is 3. The van der Waals surface area contributed by atoms with Crippen molar-refractivity contribution in [3.63, 3.8) is 0 Å². The number of carbonyl (C=O) groups is 2. The highest BCUT2D eigenvalue weighted by Crippen LogP contribution is 2.30. The van der Waals surface area contributed by atoms with E-state index < -0.39 is 0 Å². The Morgan fingerprint density at radius 2 is 1.86 bits per heavy atom. The number of aromatic nitrogens is 2. The van der Waals surface area contributed by atoms with Gasteiger partial charge in [-0.05, 0) is 63.6 Å². The van der Waals surface area contributed by atoms with Crippen LogP contribution in [-0.4, -0.2) is 34.9 Å². The Labute approximate surface area is 217 Å². The number of benzene rings is 1. The molecule has 1 aromatic carbocycles. The molecule has 2 aromatic heterocycles. The van der Waals surface area contributed by atoms with Gasteiger partial charge in [-0.15, -0.1) is 5.73 Å². The predicted molar refractivity (Wildman–Crippen MR) is 149 cm³/mol. The number of aryl methyl sites for hydroxylation is 2. The van der Waals surface area contributed by atoms with Crippen molar-refractivity contribution in [2.45, 2.75) is 47.2 Å². The van der Waals surface area contributed by atoms with Gasteiger partial charge in [0.1, 0.15) is 5.82 Å². The largest absolute Gasteiger partial charge is 0.357 e. The van der Waals surface area contributed by atoms with E-state index in [1.165, 1.54) is 6.92 Å². The fraction of sp³-hybridized carbons (Fsp3) is 0.276. The van der Waals surface area contributed by atoms with Crippen molar-refractivity contribution in [1.82, 2.24) is 15.3 Å². The summed E-state index contributed by atoms with van der Waals surface area (Å²) in [6.07, 6.45) is 1.64. The molecule has 0 atom stereocenters. The van der Waals surface area contributed by atoms with Gasteiger partial charge in [0, 0.05) is 54.6 Å². The Bertz CT molecular complexity index is 1430. The zero-order chi connectivity index (χ0) is 27.3. The van der Waals surface area contributed by atoms with Crippen LogP contribution in [0.15, 0.2) is 53.5 Å². The SMILES string of the molecule is C=C=Cc1c(C(=O)NCc2c(C)cc(C)[nH]c2=O)cc(-c2ccc(NC(C)=O)cc2)nc1N(C)C(C)C. The Morgan fingerprint density at radius 1 is 1.19 bits per heavy atom. The second-order valence-electron chi connectivity index (χ2n) is 9.23. The Balaban J connectivity index is 2.09. The molecule has 2 amide bonds. The summed E-state index contributed by atoms with van der Waals surface area (Å²) >= 11 is 0. The summed E-state index contributed by atoms with van der Waals surface area (Å²) in [5.41, 5.74) is 7.63. The van der Waals surface area contributed by atoms with Crippen LogP contribution >= 0.6 is 0 Å². The van der Waals surface area contributed by atoms with E-state index in [1.807, 2.05) is 57.8 Å². The minimum absolute atomic E-state index is 0.0793. The van der Waals surface area contributed by atoms with Crippen LogP contribution in [0.1, 0.15) is 53.5 Å². The van der Waals surface area contributed by atoms with Gasteiger partial charge in [-0.3, -0.25) is 14.4 Å². The van der Waals surface area contributed by atoms with Gasteiger partial charge in [-0.25, -0.2) is 4.98 Å². The van der Waals surface area contributed by atoms with Gasteiger partial charge >= 0.3 is 0 Å². The molecule has 0 saturated heterocycles. The van der Waals surface area contributed by atoms with E-state index in [9.17, 15) is 14.4 Å². The van der Waals surface area contributed by atoms with Gasteiger partial charge in [-0.2, -0.15) is 0 Å². The van der Waals surface area contributed by atoms with Crippen molar-refractivity contribution in [2.24, 2.45) is 0 Å². The molecule has 2 heterocycles. The molecule has 8 nitrogen and oxygen atoms in total. The van der Waals surface area contributed by atoms with Crippen LogP contribution in [0.25, 0.3) is 17.3 Å². The lowest BCUT2D eigenvalue weighted by molar-refractivity contribution is -0.114. The molecule has 0 spiro atoms.